The van der Waals surface area contributed by atoms with E-state index in [2.05, 4.69) is 11.8 Å². The number of nitrogens with zero attached hydrogens (tertiary/aromatic N) is 1. The van der Waals surface area contributed by atoms with Crippen LogP contribution in [-0.2, 0) is 0 Å². The molecule has 0 radical (unpaired) electrons. The first-order valence-corrected chi connectivity index (χ1v) is 4.31. The maximum absolute atomic E-state index is 5.81. The number of nitrogens with two attached hydrogens (primary N) is 1. The van der Waals surface area contributed by atoms with Gasteiger partial charge in [-0.05, 0) is 32.4 Å². The molecule has 0 saturated carbocycles. The zero-order valence-corrected chi connectivity index (χ0v) is 6.84. The third kappa shape index (κ3) is 2.27. The van der Waals surface area contributed by atoms with Crippen LogP contribution in [0.5, 0.6) is 0 Å². The SMILES string of the molecule is CCCN1CCC[C@H](N)C1. The van der Waals surface area contributed by atoms with Crippen molar-refractivity contribution in [3.05, 3.63) is 0 Å². The lowest BCUT2D eigenvalue weighted by Gasteiger charge is -2.30. The Morgan fingerprint density at radius 1 is 1.60 bits per heavy atom. The van der Waals surface area contributed by atoms with Gasteiger partial charge < -0.3 is 10.6 Å². The molecule has 0 aliphatic carbocycles. The van der Waals surface area contributed by atoms with E-state index in [0.29, 0.717) is 6.04 Å². The lowest BCUT2D eigenvalue weighted by molar-refractivity contribution is 0.209. The van der Waals surface area contributed by atoms with Gasteiger partial charge >= 0.3 is 0 Å². The summed E-state index contributed by atoms with van der Waals surface area (Å²) in [6, 6.07) is 0.445. The molecule has 0 aromatic carbocycles. The Morgan fingerprint density at radius 2 is 2.40 bits per heavy atom. The fourth-order valence-electron chi connectivity index (χ4n) is 1.61. The number of hydrogen-bond donors (Lipinski definition) is 1. The van der Waals surface area contributed by atoms with Gasteiger partial charge in [-0.25, -0.2) is 0 Å². The summed E-state index contributed by atoms with van der Waals surface area (Å²) in [5.41, 5.74) is 5.81. The Hall–Kier alpha value is -0.0800. The van der Waals surface area contributed by atoms with Crippen LogP contribution in [0.15, 0.2) is 0 Å². The van der Waals surface area contributed by atoms with Crippen LogP contribution in [0.4, 0.5) is 0 Å². The quantitative estimate of drug-likeness (QED) is 0.618. The van der Waals surface area contributed by atoms with E-state index in [4.69, 9.17) is 5.73 Å². The zero-order valence-electron chi connectivity index (χ0n) is 6.84. The van der Waals surface area contributed by atoms with Crippen LogP contribution in [0, 0.1) is 0 Å². The average Bonchev–Trinajstić information content (AvgIpc) is 1.88. The van der Waals surface area contributed by atoms with Crippen molar-refractivity contribution in [2.24, 2.45) is 5.73 Å². The van der Waals surface area contributed by atoms with Crippen molar-refractivity contribution in [2.45, 2.75) is 32.2 Å². The van der Waals surface area contributed by atoms with Gasteiger partial charge in [0.2, 0.25) is 0 Å². The molecule has 2 heteroatoms. The van der Waals surface area contributed by atoms with E-state index >= 15 is 0 Å². The molecule has 1 aliphatic heterocycles. The fraction of sp³-hybridized carbons (Fsp3) is 1.00. The van der Waals surface area contributed by atoms with E-state index in [0.717, 1.165) is 6.54 Å². The standard InChI is InChI=1S/C8H18N2/c1-2-5-10-6-3-4-8(9)7-10/h8H,2-7,9H2,1H3/t8-/m0/s1. The molecule has 60 valence electrons. The third-order valence-electron chi connectivity index (χ3n) is 2.08. The Balaban J connectivity index is 2.18. The molecule has 1 aliphatic rings. The molecule has 0 bridgehead atoms. The van der Waals surface area contributed by atoms with E-state index in [1.54, 1.807) is 0 Å². The van der Waals surface area contributed by atoms with Crippen LogP contribution in [0.25, 0.3) is 0 Å². The van der Waals surface area contributed by atoms with Crippen LogP contribution in [0.1, 0.15) is 26.2 Å². The van der Waals surface area contributed by atoms with Gasteiger partial charge in [0.05, 0.1) is 0 Å². The van der Waals surface area contributed by atoms with Crippen molar-refractivity contribution in [3.63, 3.8) is 0 Å². The van der Waals surface area contributed by atoms with Crippen molar-refractivity contribution in [1.82, 2.24) is 4.90 Å². The Bertz CT molecular complexity index is 91.3. The molecule has 1 saturated heterocycles. The molecular weight excluding hydrogens is 124 g/mol. The number of rotatable bonds is 2. The summed E-state index contributed by atoms with van der Waals surface area (Å²) in [6.07, 6.45) is 3.77. The second-order valence-corrected chi connectivity index (χ2v) is 3.20. The van der Waals surface area contributed by atoms with E-state index < -0.39 is 0 Å². The summed E-state index contributed by atoms with van der Waals surface area (Å²) in [7, 11) is 0. The summed E-state index contributed by atoms with van der Waals surface area (Å²) in [6.45, 7) is 5.84. The summed E-state index contributed by atoms with van der Waals surface area (Å²) < 4.78 is 0. The molecule has 1 rings (SSSR count). The molecule has 2 N–H and O–H groups in total. The van der Waals surface area contributed by atoms with Crippen molar-refractivity contribution >= 4 is 0 Å². The summed E-state index contributed by atoms with van der Waals surface area (Å²) in [5.74, 6) is 0. The van der Waals surface area contributed by atoms with Crippen molar-refractivity contribution in [1.29, 1.82) is 0 Å². The molecular formula is C8H18N2. The normalized spacial score (nSPS) is 28.8. The number of piperidine rings is 1. The lowest BCUT2D eigenvalue weighted by atomic mass is 10.1. The van der Waals surface area contributed by atoms with Crippen LogP contribution < -0.4 is 5.73 Å². The highest BCUT2D eigenvalue weighted by Gasteiger charge is 2.14. The predicted molar refractivity (Wildman–Crippen MR) is 43.9 cm³/mol. The van der Waals surface area contributed by atoms with Gasteiger partial charge in [0, 0.05) is 12.6 Å². The van der Waals surface area contributed by atoms with Gasteiger partial charge in [-0.1, -0.05) is 6.92 Å². The largest absolute Gasteiger partial charge is 0.327 e. The van der Waals surface area contributed by atoms with Gasteiger partial charge in [0.15, 0.2) is 0 Å². The first-order chi connectivity index (χ1) is 4.83. The molecule has 1 heterocycles. The Kier molecular flexibility index (Phi) is 3.16. The minimum Gasteiger partial charge on any atom is -0.327 e. The number of likely N-dealkylation sites (tertiary alicyclic amines) is 1. The minimum atomic E-state index is 0.445. The monoisotopic (exact) mass is 142 g/mol. The van der Waals surface area contributed by atoms with Crippen LogP contribution in [0.3, 0.4) is 0 Å². The second-order valence-electron chi connectivity index (χ2n) is 3.20. The number of hydrogen-bond acceptors (Lipinski definition) is 2. The molecule has 1 atom stereocenters. The first kappa shape index (κ1) is 8.02. The zero-order chi connectivity index (χ0) is 7.40. The second kappa shape index (κ2) is 3.94. The van der Waals surface area contributed by atoms with Crippen LogP contribution >= 0.6 is 0 Å². The molecule has 0 aromatic heterocycles. The van der Waals surface area contributed by atoms with E-state index in [9.17, 15) is 0 Å². The molecule has 0 amide bonds. The van der Waals surface area contributed by atoms with E-state index in [-0.39, 0.29) is 0 Å². The van der Waals surface area contributed by atoms with Gasteiger partial charge in [-0.3, -0.25) is 0 Å². The van der Waals surface area contributed by atoms with Gasteiger partial charge in [-0.15, -0.1) is 0 Å². The van der Waals surface area contributed by atoms with E-state index in [1.165, 1.54) is 32.4 Å². The Labute approximate surface area is 63.4 Å². The van der Waals surface area contributed by atoms with Crippen molar-refractivity contribution in [2.75, 3.05) is 19.6 Å². The van der Waals surface area contributed by atoms with Crippen molar-refractivity contribution in [3.8, 4) is 0 Å². The third-order valence-corrected chi connectivity index (χ3v) is 2.08. The molecule has 0 aromatic rings. The van der Waals surface area contributed by atoms with Crippen LogP contribution in [0.2, 0.25) is 0 Å². The minimum absolute atomic E-state index is 0.445. The van der Waals surface area contributed by atoms with Crippen LogP contribution in [-0.4, -0.2) is 30.6 Å². The van der Waals surface area contributed by atoms with Gasteiger partial charge in [0.25, 0.3) is 0 Å². The predicted octanol–water partition coefficient (Wildman–Crippen LogP) is 0.820. The molecule has 0 unspecified atom stereocenters. The Morgan fingerprint density at radius 3 is 3.00 bits per heavy atom. The van der Waals surface area contributed by atoms with Gasteiger partial charge in [-0.2, -0.15) is 0 Å². The fourth-order valence-corrected chi connectivity index (χ4v) is 1.61. The first-order valence-electron chi connectivity index (χ1n) is 4.31. The molecule has 1 fully saturated rings. The average molecular weight is 142 g/mol. The van der Waals surface area contributed by atoms with E-state index in [1.807, 2.05) is 0 Å². The summed E-state index contributed by atoms with van der Waals surface area (Å²) in [5, 5.41) is 0. The maximum atomic E-state index is 5.81. The summed E-state index contributed by atoms with van der Waals surface area (Å²) in [4.78, 5) is 2.47. The highest BCUT2D eigenvalue weighted by Crippen LogP contribution is 2.07. The molecule has 0 spiro atoms. The topological polar surface area (TPSA) is 29.3 Å². The molecule has 10 heavy (non-hydrogen) atoms. The summed E-state index contributed by atoms with van der Waals surface area (Å²) >= 11 is 0. The van der Waals surface area contributed by atoms with Crippen molar-refractivity contribution < 1.29 is 0 Å². The lowest BCUT2D eigenvalue weighted by Crippen LogP contribution is -2.42. The smallest absolute Gasteiger partial charge is 0.0168 e. The highest BCUT2D eigenvalue weighted by molar-refractivity contribution is 4.74. The van der Waals surface area contributed by atoms with Gasteiger partial charge in [0.1, 0.15) is 0 Å². The highest BCUT2D eigenvalue weighted by atomic mass is 15.1. The molecule has 2 nitrogen and oxygen atoms in total. The maximum Gasteiger partial charge on any atom is 0.0168 e.